The molecular weight excluding hydrogens is 557 g/mol. The molecule has 0 aromatic heterocycles. The van der Waals surface area contributed by atoms with E-state index < -0.39 is 21.9 Å². The van der Waals surface area contributed by atoms with Crippen molar-refractivity contribution in [1.82, 2.24) is 10.2 Å². The molecule has 10 heteroatoms. The van der Waals surface area contributed by atoms with Crippen LogP contribution < -0.4 is 14.4 Å². The number of sulfonamides is 1. The van der Waals surface area contributed by atoms with Crippen LogP contribution in [0.4, 0.5) is 10.1 Å². The molecule has 226 valence electrons. The Kier molecular flexibility index (Phi) is 11.9. The molecule has 3 aromatic rings. The van der Waals surface area contributed by atoms with E-state index in [0.717, 1.165) is 11.8 Å². The number of hydrogen-bond acceptors (Lipinski definition) is 5. The summed E-state index contributed by atoms with van der Waals surface area (Å²) in [5.41, 5.74) is 1.56. The molecule has 0 fully saturated rings. The van der Waals surface area contributed by atoms with Gasteiger partial charge < -0.3 is 15.0 Å². The monoisotopic (exact) mass is 597 g/mol. The van der Waals surface area contributed by atoms with Gasteiger partial charge >= 0.3 is 0 Å². The molecule has 1 atom stereocenters. The van der Waals surface area contributed by atoms with E-state index in [1.165, 1.54) is 22.4 Å². The Balaban J connectivity index is 1.89. The lowest BCUT2D eigenvalue weighted by molar-refractivity contribution is -0.141. The lowest BCUT2D eigenvalue weighted by Gasteiger charge is -2.32. The van der Waals surface area contributed by atoms with Crippen LogP contribution in [0.2, 0.25) is 0 Å². The quantitative estimate of drug-likeness (QED) is 0.272. The minimum Gasteiger partial charge on any atom is -0.497 e. The molecule has 0 bridgehead atoms. The number of amides is 2. The topological polar surface area (TPSA) is 96.0 Å². The Hall–Kier alpha value is -3.92. The zero-order valence-corrected chi connectivity index (χ0v) is 25.4. The van der Waals surface area contributed by atoms with Crippen LogP contribution in [0.25, 0.3) is 0 Å². The smallest absolute Gasteiger partial charge is 0.243 e. The second-order valence-electron chi connectivity index (χ2n) is 10.6. The van der Waals surface area contributed by atoms with Gasteiger partial charge in [0, 0.05) is 44.1 Å². The lowest BCUT2D eigenvalue weighted by Crippen LogP contribution is -2.51. The highest BCUT2D eigenvalue weighted by molar-refractivity contribution is 7.92. The van der Waals surface area contributed by atoms with Gasteiger partial charge in [-0.15, -0.1) is 0 Å². The largest absolute Gasteiger partial charge is 0.497 e. The maximum atomic E-state index is 14.8. The third kappa shape index (κ3) is 9.58. The highest BCUT2D eigenvalue weighted by atomic mass is 32.2. The number of carbonyl (C=O) groups excluding carboxylic acids is 2. The highest BCUT2D eigenvalue weighted by Gasteiger charge is 2.31. The first kappa shape index (κ1) is 32.6. The van der Waals surface area contributed by atoms with Crippen molar-refractivity contribution in [2.24, 2.45) is 5.92 Å². The predicted octanol–water partition coefficient (Wildman–Crippen LogP) is 4.79. The van der Waals surface area contributed by atoms with Gasteiger partial charge in [-0.25, -0.2) is 12.8 Å². The predicted molar refractivity (Wildman–Crippen MR) is 163 cm³/mol. The van der Waals surface area contributed by atoms with Crippen molar-refractivity contribution in [1.29, 1.82) is 0 Å². The molecule has 8 nitrogen and oxygen atoms in total. The van der Waals surface area contributed by atoms with Crippen molar-refractivity contribution in [2.75, 3.05) is 30.8 Å². The number of nitrogens with one attached hydrogen (secondary N) is 1. The second-order valence-corrected chi connectivity index (χ2v) is 12.5. The SMILES string of the molecule is COc1cccc(N(CCCC(=O)N(Cc2ccccc2F)[C@@H](Cc2ccccc2)C(=O)NCC(C)C)S(C)(=O)=O)c1. The van der Waals surface area contributed by atoms with Crippen molar-refractivity contribution in [3.05, 3.63) is 95.8 Å². The van der Waals surface area contributed by atoms with E-state index in [1.807, 2.05) is 44.2 Å². The van der Waals surface area contributed by atoms with E-state index in [2.05, 4.69) is 5.32 Å². The standard InChI is InChI=1S/C32H40FN3O5S/c1-24(2)22-34-32(38)30(20-25-12-6-5-7-13-25)35(23-26-14-8-9-17-29(26)33)31(37)18-11-19-36(42(4,39)40)27-15-10-16-28(21-27)41-3/h5-10,12-17,21,24,30H,11,18-20,22-23H2,1-4H3,(H,34,38)/t30-/m0/s1. The van der Waals surface area contributed by atoms with Crippen LogP contribution in [0.3, 0.4) is 0 Å². The van der Waals surface area contributed by atoms with Gasteiger partial charge in [-0.2, -0.15) is 0 Å². The first-order valence-electron chi connectivity index (χ1n) is 14.0. The van der Waals surface area contributed by atoms with Crippen molar-refractivity contribution >= 4 is 27.5 Å². The van der Waals surface area contributed by atoms with Crippen LogP contribution in [0, 0.1) is 11.7 Å². The molecule has 0 unspecified atom stereocenters. The number of halogens is 1. The Bertz CT molecular complexity index is 1430. The molecule has 0 aliphatic rings. The summed E-state index contributed by atoms with van der Waals surface area (Å²) >= 11 is 0. The van der Waals surface area contributed by atoms with Gasteiger partial charge in [0.2, 0.25) is 21.8 Å². The molecule has 0 radical (unpaired) electrons. The maximum absolute atomic E-state index is 14.8. The molecular formula is C32H40FN3O5S. The Morgan fingerprint density at radius 3 is 2.31 bits per heavy atom. The second kappa shape index (κ2) is 15.3. The summed E-state index contributed by atoms with van der Waals surface area (Å²) in [5, 5.41) is 2.94. The fourth-order valence-corrected chi connectivity index (χ4v) is 5.51. The number of ether oxygens (including phenoxy) is 1. The summed E-state index contributed by atoms with van der Waals surface area (Å²) in [6.07, 6.45) is 1.48. The first-order valence-corrected chi connectivity index (χ1v) is 15.8. The van der Waals surface area contributed by atoms with Gasteiger partial charge in [-0.1, -0.05) is 68.4 Å². The summed E-state index contributed by atoms with van der Waals surface area (Å²) < 4.78 is 46.5. The van der Waals surface area contributed by atoms with Gasteiger partial charge in [-0.3, -0.25) is 13.9 Å². The summed E-state index contributed by atoms with van der Waals surface area (Å²) in [6, 6.07) is 21.3. The van der Waals surface area contributed by atoms with Crippen LogP contribution in [-0.2, 0) is 32.6 Å². The number of carbonyl (C=O) groups is 2. The first-order chi connectivity index (χ1) is 20.0. The van der Waals surface area contributed by atoms with E-state index in [0.29, 0.717) is 18.0 Å². The van der Waals surface area contributed by atoms with E-state index in [9.17, 15) is 22.4 Å². The van der Waals surface area contributed by atoms with Gasteiger partial charge in [0.1, 0.15) is 17.6 Å². The number of methoxy groups -OCH3 is 1. The van der Waals surface area contributed by atoms with E-state index in [-0.39, 0.29) is 55.6 Å². The van der Waals surface area contributed by atoms with Crippen LogP contribution in [-0.4, -0.2) is 57.6 Å². The summed E-state index contributed by atoms with van der Waals surface area (Å²) in [7, 11) is -2.17. The average Bonchev–Trinajstić information content (AvgIpc) is 2.96. The minimum absolute atomic E-state index is 0.0359. The highest BCUT2D eigenvalue weighted by Crippen LogP contribution is 2.24. The van der Waals surface area contributed by atoms with Gasteiger partial charge in [-0.05, 0) is 36.1 Å². The molecule has 3 rings (SSSR count). The maximum Gasteiger partial charge on any atom is 0.243 e. The van der Waals surface area contributed by atoms with Crippen molar-refractivity contribution < 1.29 is 27.1 Å². The van der Waals surface area contributed by atoms with Crippen LogP contribution in [0.5, 0.6) is 5.75 Å². The zero-order valence-electron chi connectivity index (χ0n) is 24.6. The normalized spacial score (nSPS) is 12.0. The molecule has 0 aliphatic heterocycles. The minimum atomic E-state index is -3.66. The fourth-order valence-electron chi connectivity index (χ4n) is 4.56. The molecule has 0 saturated heterocycles. The summed E-state index contributed by atoms with van der Waals surface area (Å²) in [6.45, 7) is 4.31. The van der Waals surface area contributed by atoms with Crippen molar-refractivity contribution in [3.63, 3.8) is 0 Å². The molecule has 0 aliphatic carbocycles. The van der Waals surface area contributed by atoms with Crippen LogP contribution in [0.1, 0.15) is 37.8 Å². The molecule has 1 N–H and O–H groups in total. The molecule has 0 heterocycles. The Labute approximate surface area is 248 Å². The van der Waals surface area contributed by atoms with Gasteiger partial charge in [0.15, 0.2) is 0 Å². The lowest BCUT2D eigenvalue weighted by atomic mass is 10.0. The number of benzene rings is 3. The molecule has 42 heavy (non-hydrogen) atoms. The Morgan fingerprint density at radius 2 is 1.67 bits per heavy atom. The fraction of sp³-hybridized carbons (Fsp3) is 0.375. The van der Waals surface area contributed by atoms with E-state index in [4.69, 9.17) is 4.74 Å². The molecule has 0 spiro atoms. The summed E-state index contributed by atoms with van der Waals surface area (Å²) in [5.74, 6) is -0.480. The number of nitrogens with zero attached hydrogens (tertiary/aromatic N) is 2. The number of hydrogen-bond donors (Lipinski definition) is 1. The van der Waals surface area contributed by atoms with E-state index >= 15 is 0 Å². The Morgan fingerprint density at radius 1 is 0.976 bits per heavy atom. The number of rotatable bonds is 15. The van der Waals surface area contributed by atoms with Crippen LogP contribution >= 0.6 is 0 Å². The van der Waals surface area contributed by atoms with Crippen LogP contribution in [0.15, 0.2) is 78.9 Å². The molecule has 2 amide bonds. The number of anilines is 1. The van der Waals surface area contributed by atoms with Gasteiger partial charge in [0.05, 0.1) is 19.1 Å². The van der Waals surface area contributed by atoms with Crippen molar-refractivity contribution in [3.8, 4) is 5.75 Å². The van der Waals surface area contributed by atoms with E-state index in [1.54, 1.807) is 42.5 Å². The third-order valence-electron chi connectivity index (χ3n) is 6.75. The molecule has 0 saturated carbocycles. The zero-order chi connectivity index (χ0) is 30.7. The molecule has 3 aromatic carbocycles. The summed E-state index contributed by atoms with van der Waals surface area (Å²) in [4.78, 5) is 28.8. The third-order valence-corrected chi connectivity index (χ3v) is 7.94. The van der Waals surface area contributed by atoms with Gasteiger partial charge in [0.25, 0.3) is 0 Å². The van der Waals surface area contributed by atoms with Crippen molar-refractivity contribution in [2.45, 2.75) is 45.7 Å². The average molecular weight is 598 g/mol.